The Morgan fingerprint density at radius 3 is 2.78 bits per heavy atom. The van der Waals surface area contributed by atoms with Crippen molar-refractivity contribution in [1.82, 2.24) is 0 Å². The van der Waals surface area contributed by atoms with Crippen molar-refractivity contribution in [2.75, 3.05) is 0 Å². The van der Waals surface area contributed by atoms with Crippen molar-refractivity contribution in [1.29, 1.82) is 0 Å². The largest absolute Gasteiger partial charge is 0.300 e. The molecule has 1 fully saturated rings. The molecule has 0 spiro atoms. The van der Waals surface area contributed by atoms with Gasteiger partial charge in [0.15, 0.2) is 0 Å². The van der Waals surface area contributed by atoms with Crippen LogP contribution >= 0.6 is 0 Å². The Labute approximate surface area is 110 Å². The van der Waals surface area contributed by atoms with E-state index in [2.05, 4.69) is 32.0 Å². The van der Waals surface area contributed by atoms with E-state index in [1.807, 2.05) is 0 Å². The van der Waals surface area contributed by atoms with Crippen molar-refractivity contribution < 1.29 is 4.79 Å². The molecule has 3 unspecified atom stereocenters. The van der Waals surface area contributed by atoms with Crippen molar-refractivity contribution in [2.24, 2.45) is 11.8 Å². The molecule has 1 heteroatoms. The fourth-order valence-corrected chi connectivity index (χ4v) is 4.12. The maximum Gasteiger partial charge on any atom is 0.133 e. The third kappa shape index (κ3) is 1.72. The Morgan fingerprint density at radius 1 is 1.33 bits per heavy atom. The number of hydrogen-bond donors (Lipinski definition) is 0. The summed E-state index contributed by atoms with van der Waals surface area (Å²) in [7, 11) is 0. The van der Waals surface area contributed by atoms with E-state index in [-0.39, 0.29) is 0 Å². The molecule has 1 saturated carbocycles. The molecule has 1 aromatic rings. The lowest BCUT2D eigenvalue weighted by atomic mass is 9.78. The number of hydrogen-bond acceptors (Lipinski definition) is 1. The molecule has 18 heavy (non-hydrogen) atoms. The number of carbonyl (C=O) groups excluding carboxylic acids is 1. The Balaban J connectivity index is 2.02. The molecular weight excluding hydrogens is 220 g/mol. The second-order valence-corrected chi connectivity index (χ2v) is 6.51. The predicted molar refractivity (Wildman–Crippen MR) is 73.9 cm³/mol. The molecule has 0 heterocycles. The molecule has 2 aliphatic rings. The second kappa shape index (κ2) is 4.22. The summed E-state index contributed by atoms with van der Waals surface area (Å²) < 4.78 is 0. The highest BCUT2D eigenvalue weighted by molar-refractivity contribution is 5.81. The molecule has 0 aromatic heterocycles. The van der Waals surface area contributed by atoms with E-state index in [1.165, 1.54) is 12.0 Å². The molecule has 0 amide bonds. The molecule has 96 valence electrons. The van der Waals surface area contributed by atoms with Gasteiger partial charge in [-0.1, -0.05) is 32.0 Å². The lowest BCUT2D eigenvalue weighted by Crippen LogP contribution is -2.19. The summed E-state index contributed by atoms with van der Waals surface area (Å²) in [6, 6.07) is 6.77. The standard InChI is InChI=1S/C17H22O/c1-10(2)7-12-5-4-6-14-13-8-15(11(3)18)16(9-13)17(12)14/h4-6,10,13,15-16H,7-9H2,1-3H3. The first-order chi connectivity index (χ1) is 8.58. The smallest absolute Gasteiger partial charge is 0.133 e. The van der Waals surface area contributed by atoms with E-state index in [0.717, 1.165) is 12.8 Å². The SMILES string of the molecule is CC(=O)C1CC2CC1c1c(CC(C)C)cccc12. The maximum absolute atomic E-state index is 11.8. The third-order valence-corrected chi connectivity index (χ3v) is 4.75. The Morgan fingerprint density at radius 2 is 2.11 bits per heavy atom. The van der Waals surface area contributed by atoms with Gasteiger partial charge in [-0.25, -0.2) is 0 Å². The van der Waals surface area contributed by atoms with Gasteiger partial charge in [-0.15, -0.1) is 0 Å². The van der Waals surface area contributed by atoms with E-state index >= 15 is 0 Å². The first-order valence-electron chi connectivity index (χ1n) is 7.20. The molecule has 2 bridgehead atoms. The maximum atomic E-state index is 11.8. The Bertz CT molecular complexity index is 486. The molecule has 3 rings (SSSR count). The van der Waals surface area contributed by atoms with E-state index in [0.29, 0.717) is 29.5 Å². The van der Waals surface area contributed by atoms with Crippen LogP contribution in [-0.2, 0) is 11.2 Å². The Kier molecular flexibility index (Phi) is 2.80. The van der Waals surface area contributed by atoms with Gasteiger partial charge in [0.2, 0.25) is 0 Å². The highest BCUT2D eigenvalue weighted by Gasteiger charge is 2.46. The lowest BCUT2D eigenvalue weighted by Gasteiger charge is -2.25. The van der Waals surface area contributed by atoms with Crippen molar-refractivity contribution in [3.8, 4) is 0 Å². The third-order valence-electron chi connectivity index (χ3n) is 4.75. The monoisotopic (exact) mass is 242 g/mol. The number of rotatable bonds is 3. The van der Waals surface area contributed by atoms with E-state index in [1.54, 1.807) is 18.1 Å². The van der Waals surface area contributed by atoms with Crippen LogP contribution < -0.4 is 0 Å². The minimum absolute atomic E-state index is 0.302. The van der Waals surface area contributed by atoms with Crippen molar-refractivity contribution in [2.45, 2.75) is 51.9 Å². The van der Waals surface area contributed by atoms with Crippen LogP contribution in [0.25, 0.3) is 0 Å². The molecule has 0 saturated heterocycles. The highest BCUT2D eigenvalue weighted by atomic mass is 16.1. The summed E-state index contributed by atoms with van der Waals surface area (Å²) in [6.07, 6.45) is 3.46. The van der Waals surface area contributed by atoms with Gasteiger partial charge in [-0.05, 0) is 60.6 Å². The zero-order valence-electron chi connectivity index (χ0n) is 11.6. The van der Waals surface area contributed by atoms with Gasteiger partial charge in [-0.2, -0.15) is 0 Å². The van der Waals surface area contributed by atoms with Crippen LogP contribution in [0.5, 0.6) is 0 Å². The number of ketones is 1. The lowest BCUT2D eigenvalue weighted by molar-refractivity contribution is -0.121. The van der Waals surface area contributed by atoms with E-state index < -0.39 is 0 Å². The van der Waals surface area contributed by atoms with Crippen LogP contribution in [0.1, 0.15) is 62.1 Å². The minimum Gasteiger partial charge on any atom is -0.300 e. The van der Waals surface area contributed by atoms with E-state index in [4.69, 9.17) is 0 Å². The molecule has 0 N–H and O–H groups in total. The summed E-state index contributed by atoms with van der Waals surface area (Å²) in [5.74, 6) is 2.57. The normalized spacial score (nSPS) is 28.8. The molecular formula is C17H22O. The first-order valence-corrected chi connectivity index (χ1v) is 7.20. The molecule has 0 radical (unpaired) electrons. The zero-order valence-corrected chi connectivity index (χ0v) is 11.6. The van der Waals surface area contributed by atoms with Gasteiger partial charge in [0.25, 0.3) is 0 Å². The van der Waals surface area contributed by atoms with Gasteiger partial charge in [0.05, 0.1) is 0 Å². The fourth-order valence-electron chi connectivity index (χ4n) is 4.12. The summed E-state index contributed by atoms with van der Waals surface area (Å²) in [4.78, 5) is 11.8. The quantitative estimate of drug-likeness (QED) is 0.781. The van der Waals surface area contributed by atoms with Gasteiger partial charge < -0.3 is 0 Å². The second-order valence-electron chi connectivity index (χ2n) is 6.51. The number of benzene rings is 1. The molecule has 1 aromatic carbocycles. The predicted octanol–water partition coefficient (Wildman–Crippen LogP) is 4.06. The summed E-state index contributed by atoms with van der Waals surface area (Å²) >= 11 is 0. The summed E-state index contributed by atoms with van der Waals surface area (Å²) in [5, 5.41) is 0. The van der Waals surface area contributed by atoms with Crippen LogP contribution in [0.3, 0.4) is 0 Å². The van der Waals surface area contributed by atoms with Crippen molar-refractivity contribution >= 4 is 5.78 Å². The van der Waals surface area contributed by atoms with Gasteiger partial charge in [-0.3, -0.25) is 4.79 Å². The van der Waals surface area contributed by atoms with Gasteiger partial charge in [0, 0.05) is 5.92 Å². The minimum atomic E-state index is 0.302. The van der Waals surface area contributed by atoms with Crippen LogP contribution in [0, 0.1) is 11.8 Å². The average molecular weight is 242 g/mol. The number of fused-ring (bicyclic) bond motifs is 5. The molecule has 0 aliphatic heterocycles. The van der Waals surface area contributed by atoms with Crippen LogP contribution in [0.2, 0.25) is 0 Å². The first kappa shape index (κ1) is 12.0. The zero-order chi connectivity index (χ0) is 12.9. The fraction of sp³-hybridized carbons (Fsp3) is 0.588. The van der Waals surface area contributed by atoms with Crippen LogP contribution in [0.15, 0.2) is 18.2 Å². The highest BCUT2D eigenvalue weighted by Crippen LogP contribution is 2.57. The summed E-state index contributed by atoms with van der Waals surface area (Å²) in [6.45, 7) is 6.32. The Hall–Kier alpha value is -1.11. The topological polar surface area (TPSA) is 17.1 Å². The molecule has 1 nitrogen and oxygen atoms in total. The number of carbonyl (C=O) groups is 1. The van der Waals surface area contributed by atoms with Crippen molar-refractivity contribution in [3.63, 3.8) is 0 Å². The molecule has 2 aliphatic carbocycles. The van der Waals surface area contributed by atoms with Gasteiger partial charge >= 0.3 is 0 Å². The van der Waals surface area contributed by atoms with Gasteiger partial charge in [0.1, 0.15) is 5.78 Å². The average Bonchev–Trinajstić information content (AvgIpc) is 2.86. The van der Waals surface area contributed by atoms with Crippen LogP contribution in [-0.4, -0.2) is 5.78 Å². The van der Waals surface area contributed by atoms with E-state index in [9.17, 15) is 4.79 Å². The number of Topliss-reactive ketones (excluding diaryl/α,β-unsaturated/α-hetero) is 1. The van der Waals surface area contributed by atoms with Crippen LogP contribution in [0.4, 0.5) is 0 Å². The van der Waals surface area contributed by atoms with Crippen molar-refractivity contribution in [3.05, 3.63) is 34.9 Å². The molecule has 3 atom stereocenters. The summed E-state index contributed by atoms with van der Waals surface area (Å²) in [5.41, 5.74) is 4.60.